The van der Waals surface area contributed by atoms with Crippen LogP contribution in [0.5, 0.6) is 0 Å². The van der Waals surface area contributed by atoms with Crippen LogP contribution in [0.25, 0.3) is 5.65 Å². The van der Waals surface area contributed by atoms with E-state index in [-0.39, 0.29) is 30.5 Å². The maximum atomic E-state index is 12.6. The topological polar surface area (TPSA) is 135 Å². The number of amides is 3. The second kappa shape index (κ2) is 6.65. The van der Waals surface area contributed by atoms with Crippen LogP contribution in [0, 0.1) is 0 Å². The molecule has 3 aromatic rings. The second-order valence-electron chi connectivity index (χ2n) is 7.72. The van der Waals surface area contributed by atoms with Gasteiger partial charge in [-0.05, 0) is 37.3 Å². The van der Waals surface area contributed by atoms with Crippen LogP contribution in [0.15, 0.2) is 24.7 Å². The average Bonchev–Trinajstić information content (AvgIpc) is 3.43. The quantitative estimate of drug-likeness (QED) is 0.608. The summed E-state index contributed by atoms with van der Waals surface area (Å²) >= 11 is 0. The van der Waals surface area contributed by atoms with Gasteiger partial charge >= 0.3 is 6.03 Å². The molecule has 2 aliphatic rings. The molecule has 3 N–H and O–H groups in total. The number of nitrogens with one attached hydrogen (secondary N) is 1. The van der Waals surface area contributed by atoms with E-state index >= 15 is 0 Å². The van der Waals surface area contributed by atoms with E-state index in [0.717, 1.165) is 29.0 Å². The van der Waals surface area contributed by atoms with E-state index in [1.165, 1.54) is 18.1 Å². The smallest absolute Gasteiger partial charge is 0.331 e. The predicted molar refractivity (Wildman–Crippen MR) is 109 cm³/mol. The number of hydrogen-bond donors (Lipinski definition) is 2. The van der Waals surface area contributed by atoms with E-state index in [4.69, 9.17) is 10.7 Å². The summed E-state index contributed by atoms with van der Waals surface area (Å²) < 4.78 is 1.93. The number of rotatable bonds is 5. The SMILES string of the molecule is C[C@@H](Nc1cnnc(N)n1)c1cn2cc(C3CC3)cc(N3CC(=O)N(C)C3=O)c2n1. The largest absolute Gasteiger partial charge is 0.366 e. The summed E-state index contributed by atoms with van der Waals surface area (Å²) in [4.78, 5) is 36.2. The van der Waals surface area contributed by atoms with Gasteiger partial charge in [0, 0.05) is 19.4 Å². The zero-order valence-electron chi connectivity index (χ0n) is 16.6. The first-order valence-electron chi connectivity index (χ1n) is 9.73. The summed E-state index contributed by atoms with van der Waals surface area (Å²) in [6.07, 6.45) is 7.71. The van der Waals surface area contributed by atoms with Crippen molar-refractivity contribution in [3.63, 3.8) is 0 Å². The highest BCUT2D eigenvalue weighted by molar-refractivity contribution is 6.13. The van der Waals surface area contributed by atoms with Crippen LogP contribution in [-0.2, 0) is 4.79 Å². The first-order chi connectivity index (χ1) is 14.4. The number of carbonyl (C=O) groups is 2. The van der Waals surface area contributed by atoms with Crippen LogP contribution < -0.4 is 16.0 Å². The van der Waals surface area contributed by atoms with Gasteiger partial charge in [0.05, 0.1) is 23.6 Å². The lowest BCUT2D eigenvalue weighted by atomic mass is 10.1. The van der Waals surface area contributed by atoms with Crippen molar-refractivity contribution in [3.05, 3.63) is 35.9 Å². The monoisotopic (exact) mass is 407 g/mol. The number of nitrogens with two attached hydrogens (primary N) is 1. The Bertz CT molecular complexity index is 1170. The molecule has 30 heavy (non-hydrogen) atoms. The molecular formula is C19H21N9O2. The highest BCUT2D eigenvalue weighted by atomic mass is 16.2. The molecule has 1 aliphatic heterocycles. The third-order valence-corrected chi connectivity index (χ3v) is 5.48. The number of carbonyl (C=O) groups excluding carboxylic acids is 2. The Labute approximate surface area is 171 Å². The van der Waals surface area contributed by atoms with Crippen molar-refractivity contribution in [1.82, 2.24) is 29.5 Å². The summed E-state index contributed by atoms with van der Waals surface area (Å²) in [5, 5.41) is 10.7. The van der Waals surface area contributed by atoms with E-state index in [1.54, 1.807) is 0 Å². The number of likely N-dealkylation sites (N-methyl/N-ethyl adjacent to an activating group) is 1. The molecule has 2 fully saturated rings. The standard InChI is InChI=1S/C19H21N9O2/c1-10(22-15-6-21-25-18(20)24-15)13-8-27-7-12(11-3-4-11)5-14(17(27)23-13)28-9-16(29)26(2)19(28)30/h5-8,10-11H,3-4,9H2,1-2H3,(H3,20,22,24,25)/t10-/m1/s1. The average molecular weight is 407 g/mol. The Hall–Kier alpha value is -3.76. The van der Waals surface area contributed by atoms with E-state index in [2.05, 4.69) is 26.7 Å². The number of imide groups is 1. The molecule has 0 spiro atoms. The normalized spacial score (nSPS) is 17.8. The van der Waals surface area contributed by atoms with Crippen LogP contribution in [-0.4, -0.2) is 55.0 Å². The molecule has 0 radical (unpaired) electrons. The predicted octanol–water partition coefficient (Wildman–Crippen LogP) is 1.55. The van der Waals surface area contributed by atoms with Crippen LogP contribution in [0.2, 0.25) is 0 Å². The molecule has 4 heterocycles. The van der Waals surface area contributed by atoms with Crippen molar-refractivity contribution >= 4 is 35.0 Å². The van der Waals surface area contributed by atoms with E-state index in [9.17, 15) is 9.59 Å². The molecular weight excluding hydrogens is 386 g/mol. The fraction of sp³-hybridized carbons (Fsp3) is 0.368. The molecule has 0 aromatic carbocycles. The molecule has 11 nitrogen and oxygen atoms in total. The highest BCUT2D eigenvalue weighted by Crippen LogP contribution is 2.42. The van der Waals surface area contributed by atoms with E-state index in [1.807, 2.05) is 23.6 Å². The van der Waals surface area contributed by atoms with Crippen molar-refractivity contribution in [2.45, 2.75) is 31.7 Å². The number of nitrogen functional groups attached to an aromatic ring is 1. The minimum Gasteiger partial charge on any atom is -0.366 e. The number of pyridine rings is 1. The van der Waals surface area contributed by atoms with Gasteiger partial charge < -0.3 is 15.5 Å². The molecule has 0 unspecified atom stereocenters. The van der Waals surface area contributed by atoms with E-state index < -0.39 is 0 Å². The number of nitrogens with zero attached hydrogens (tertiary/aromatic N) is 7. The van der Waals surface area contributed by atoms with Crippen LogP contribution in [0.1, 0.15) is 43.0 Å². The number of fused-ring (bicyclic) bond motifs is 1. The fourth-order valence-electron chi connectivity index (χ4n) is 3.64. The van der Waals surface area contributed by atoms with Gasteiger partial charge in [0.2, 0.25) is 11.9 Å². The molecule has 1 aliphatic carbocycles. The maximum absolute atomic E-state index is 12.6. The number of aromatic nitrogens is 5. The summed E-state index contributed by atoms with van der Waals surface area (Å²) in [6, 6.07) is 1.45. The van der Waals surface area contributed by atoms with Crippen molar-refractivity contribution in [1.29, 1.82) is 0 Å². The van der Waals surface area contributed by atoms with Crippen molar-refractivity contribution in [2.24, 2.45) is 0 Å². The highest BCUT2D eigenvalue weighted by Gasteiger charge is 2.36. The summed E-state index contributed by atoms with van der Waals surface area (Å²) in [6.45, 7) is 1.96. The molecule has 5 rings (SSSR count). The number of hydrogen-bond acceptors (Lipinski definition) is 8. The summed E-state index contributed by atoms with van der Waals surface area (Å²) in [7, 11) is 1.50. The Morgan fingerprint density at radius 3 is 2.70 bits per heavy atom. The van der Waals surface area contributed by atoms with Gasteiger partial charge in [-0.2, -0.15) is 10.1 Å². The Kier molecular flexibility index (Phi) is 4.05. The zero-order valence-corrected chi connectivity index (χ0v) is 16.6. The zero-order chi connectivity index (χ0) is 21.0. The molecule has 3 amide bonds. The Morgan fingerprint density at radius 2 is 2.03 bits per heavy atom. The van der Waals surface area contributed by atoms with Crippen LogP contribution in [0.3, 0.4) is 0 Å². The van der Waals surface area contributed by atoms with Crippen LogP contribution >= 0.6 is 0 Å². The summed E-state index contributed by atoms with van der Waals surface area (Å²) in [5.41, 5.74) is 8.77. The lowest BCUT2D eigenvalue weighted by molar-refractivity contribution is -0.123. The van der Waals surface area contributed by atoms with Gasteiger partial charge in [0.15, 0.2) is 11.5 Å². The Balaban J connectivity index is 1.54. The van der Waals surface area contributed by atoms with Gasteiger partial charge in [-0.1, -0.05) is 0 Å². The van der Waals surface area contributed by atoms with Crippen molar-refractivity contribution in [2.75, 3.05) is 29.5 Å². The molecule has 154 valence electrons. The fourth-order valence-corrected chi connectivity index (χ4v) is 3.64. The van der Waals surface area contributed by atoms with Gasteiger partial charge in [0.25, 0.3) is 0 Å². The third-order valence-electron chi connectivity index (χ3n) is 5.48. The second-order valence-corrected chi connectivity index (χ2v) is 7.72. The lowest BCUT2D eigenvalue weighted by Gasteiger charge is -2.17. The Morgan fingerprint density at radius 1 is 1.23 bits per heavy atom. The van der Waals surface area contributed by atoms with Gasteiger partial charge in [-0.25, -0.2) is 9.78 Å². The lowest BCUT2D eigenvalue weighted by Crippen LogP contribution is -2.30. The summed E-state index contributed by atoms with van der Waals surface area (Å²) in [5.74, 6) is 0.828. The minimum absolute atomic E-state index is 0.0149. The van der Waals surface area contributed by atoms with E-state index in [0.29, 0.717) is 23.1 Å². The number of anilines is 3. The van der Waals surface area contributed by atoms with Gasteiger partial charge in [-0.3, -0.25) is 14.6 Å². The molecule has 1 atom stereocenters. The molecule has 1 saturated carbocycles. The first-order valence-corrected chi connectivity index (χ1v) is 9.73. The van der Waals surface area contributed by atoms with Crippen LogP contribution in [0.4, 0.5) is 22.2 Å². The molecule has 11 heteroatoms. The van der Waals surface area contributed by atoms with Gasteiger partial charge in [0.1, 0.15) is 6.54 Å². The first kappa shape index (κ1) is 18.3. The maximum Gasteiger partial charge on any atom is 0.331 e. The number of urea groups is 1. The molecule has 0 bridgehead atoms. The number of imidazole rings is 1. The minimum atomic E-state index is -0.340. The van der Waals surface area contributed by atoms with Gasteiger partial charge in [-0.15, -0.1) is 5.10 Å². The van der Waals surface area contributed by atoms with Crippen molar-refractivity contribution < 1.29 is 9.59 Å². The third kappa shape index (κ3) is 3.08. The molecule has 1 saturated heterocycles. The van der Waals surface area contributed by atoms with Crippen molar-refractivity contribution in [3.8, 4) is 0 Å². The molecule has 3 aromatic heterocycles.